The van der Waals surface area contributed by atoms with E-state index in [1.165, 1.54) is 0 Å². The van der Waals surface area contributed by atoms with Gasteiger partial charge in [-0.3, -0.25) is 0 Å². The third-order valence-corrected chi connectivity index (χ3v) is 1.42. The SMILES string of the molecule is CC1C=CC=C(C#N)C1. The first kappa shape index (κ1) is 6.10. The molecule has 1 atom stereocenters. The molecule has 1 nitrogen and oxygen atoms in total. The molecule has 1 aliphatic rings. The maximum absolute atomic E-state index is 8.46. The van der Waals surface area contributed by atoms with Crippen LogP contribution in [0, 0.1) is 17.2 Å². The van der Waals surface area contributed by atoms with E-state index < -0.39 is 0 Å². The van der Waals surface area contributed by atoms with E-state index in [0.717, 1.165) is 12.0 Å². The molecular weight excluding hydrogens is 110 g/mol. The number of hydrogen-bond acceptors (Lipinski definition) is 1. The molecule has 9 heavy (non-hydrogen) atoms. The van der Waals surface area contributed by atoms with Gasteiger partial charge in [-0.05, 0) is 18.4 Å². The summed E-state index contributed by atoms with van der Waals surface area (Å²) in [6, 6.07) is 2.14. The Labute approximate surface area is 55.3 Å². The molecule has 0 aliphatic heterocycles. The summed E-state index contributed by atoms with van der Waals surface area (Å²) in [7, 11) is 0. The fourth-order valence-corrected chi connectivity index (χ4v) is 0.927. The number of nitrogens with zero attached hydrogens (tertiary/aromatic N) is 1. The average Bonchev–Trinajstić information content (AvgIpc) is 1.88. The minimum atomic E-state index is 0.546. The van der Waals surface area contributed by atoms with Gasteiger partial charge in [0.1, 0.15) is 0 Å². The topological polar surface area (TPSA) is 23.8 Å². The van der Waals surface area contributed by atoms with Gasteiger partial charge >= 0.3 is 0 Å². The molecule has 1 heteroatoms. The predicted molar refractivity (Wildman–Crippen MR) is 36.6 cm³/mol. The van der Waals surface area contributed by atoms with Crippen LogP contribution in [0.5, 0.6) is 0 Å². The van der Waals surface area contributed by atoms with E-state index >= 15 is 0 Å². The van der Waals surface area contributed by atoms with Gasteiger partial charge in [-0.2, -0.15) is 5.26 Å². The van der Waals surface area contributed by atoms with Crippen molar-refractivity contribution in [3.05, 3.63) is 23.8 Å². The zero-order chi connectivity index (χ0) is 6.69. The maximum atomic E-state index is 8.46. The zero-order valence-electron chi connectivity index (χ0n) is 5.46. The van der Waals surface area contributed by atoms with E-state index in [4.69, 9.17) is 5.26 Å². The Morgan fingerprint density at radius 1 is 1.78 bits per heavy atom. The third kappa shape index (κ3) is 1.43. The molecule has 0 fully saturated rings. The predicted octanol–water partition coefficient (Wildman–Crippen LogP) is 2.03. The molecule has 0 amide bonds. The normalized spacial score (nSPS) is 24.9. The molecule has 0 heterocycles. The summed E-state index contributed by atoms with van der Waals surface area (Å²) in [5.74, 6) is 0.546. The summed E-state index contributed by atoms with van der Waals surface area (Å²) in [6.07, 6.45) is 6.85. The van der Waals surface area contributed by atoms with Crippen molar-refractivity contribution in [2.75, 3.05) is 0 Å². The Morgan fingerprint density at radius 2 is 2.56 bits per heavy atom. The Morgan fingerprint density at radius 3 is 3.00 bits per heavy atom. The lowest BCUT2D eigenvalue weighted by Gasteiger charge is -2.06. The van der Waals surface area contributed by atoms with Gasteiger partial charge in [0.25, 0.3) is 0 Å². The molecule has 0 aromatic rings. The molecule has 1 rings (SSSR count). The zero-order valence-corrected chi connectivity index (χ0v) is 5.46. The smallest absolute Gasteiger partial charge is 0.0947 e. The van der Waals surface area contributed by atoms with Crippen molar-refractivity contribution in [3.63, 3.8) is 0 Å². The summed E-state index contributed by atoms with van der Waals surface area (Å²) in [5.41, 5.74) is 0.894. The molecule has 1 unspecified atom stereocenters. The van der Waals surface area contributed by atoms with Crippen LogP contribution in [0.15, 0.2) is 23.8 Å². The molecule has 1 aliphatic carbocycles. The molecule has 0 saturated carbocycles. The van der Waals surface area contributed by atoms with Crippen molar-refractivity contribution in [2.45, 2.75) is 13.3 Å². The molecule has 0 spiro atoms. The molecule has 0 aromatic carbocycles. The summed E-state index contributed by atoms with van der Waals surface area (Å²) in [5, 5.41) is 8.46. The third-order valence-electron chi connectivity index (χ3n) is 1.42. The van der Waals surface area contributed by atoms with Crippen molar-refractivity contribution in [1.82, 2.24) is 0 Å². The van der Waals surface area contributed by atoms with E-state index in [9.17, 15) is 0 Å². The van der Waals surface area contributed by atoms with Gasteiger partial charge in [0.15, 0.2) is 0 Å². The molecule has 0 bridgehead atoms. The van der Waals surface area contributed by atoms with Gasteiger partial charge in [0, 0.05) is 5.57 Å². The summed E-state index contributed by atoms with van der Waals surface area (Å²) in [4.78, 5) is 0. The van der Waals surface area contributed by atoms with Crippen LogP contribution in [0.2, 0.25) is 0 Å². The number of hydrogen-bond donors (Lipinski definition) is 0. The van der Waals surface area contributed by atoms with Crippen LogP contribution in [-0.4, -0.2) is 0 Å². The number of allylic oxidation sites excluding steroid dienone is 4. The van der Waals surface area contributed by atoms with Crippen LogP contribution >= 0.6 is 0 Å². The standard InChI is InChI=1S/C8H9N/c1-7-3-2-4-8(5-7)6-9/h2-4,7H,5H2,1H3. The Bertz CT molecular complexity index is 193. The van der Waals surface area contributed by atoms with E-state index in [1.54, 1.807) is 0 Å². The van der Waals surface area contributed by atoms with Crippen LogP contribution < -0.4 is 0 Å². The number of nitriles is 1. The first-order valence-electron chi connectivity index (χ1n) is 3.10. The summed E-state index contributed by atoms with van der Waals surface area (Å²) >= 11 is 0. The van der Waals surface area contributed by atoms with Gasteiger partial charge in [0.2, 0.25) is 0 Å². The lowest BCUT2D eigenvalue weighted by Crippen LogP contribution is -1.94. The van der Waals surface area contributed by atoms with Crippen LogP contribution in [0.4, 0.5) is 0 Å². The largest absolute Gasteiger partial charge is 0.193 e. The van der Waals surface area contributed by atoms with E-state index in [-0.39, 0.29) is 0 Å². The molecule has 0 radical (unpaired) electrons. The van der Waals surface area contributed by atoms with Gasteiger partial charge in [-0.1, -0.05) is 19.1 Å². The van der Waals surface area contributed by atoms with Crippen molar-refractivity contribution < 1.29 is 0 Å². The minimum absolute atomic E-state index is 0.546. The van der Waals surface area contributed by atoms with Gasteiger partial charge in [-0.15, -0.1) is 0 Å². The van der Waals surface area contributed by atoms with E-state index in [1.807, 2.05) is 12.2 Å². The van der Waals surface area contributed by atoms with Gasteiger partial charge in [-0.25, -0.2) is 0 Å². The van der Waals surface area contributed by atoms with Crippen LogP contribution in [0.3, 0.4) is 0 Å². The van der Waals surface area contributed by atoms with Crippen molar-refractivity contribution >= 4 is 0 Å². The molecule has 46 valence electrons. The molecular formula is C8H9N. The second kappa shape index (κ2) is 2.50. The highest BCUT2D eigenvalue weighted by Gasteiger charge is 2.03. The molecule has 0 saturated heterocycles. The second-order valence-electron chi connectivity index (χ2n) is 2.37. The summed E-state index contributed by atoms with van der Waals surface area (Å²) in [6.45, 7) is 2.11. The molecule has 0 N–H and O–H groups in total. The van der Waals surface area contributed by atoms with Gasteiger partial charge in [0.05, 0.1) is 6.07 Å². The fourth-order valence-electron chi connectivity index (χ4n) is 0.927. The first-order valence-corrected chi connectivity index (χ1v) is 3.10. The lowest BCUT2D eigenvalue weighted by atomic mass is 9.97. The monoisotopic (exact) mass is 119 g/mol. The Kier molecular flexibility index (Phi) is 1.69. The van der Waals surface area contributed by atoms with Crippen molar-refractivity contribution in [3.8, 4) is 6.07 Å². The average molecular weight is 119 g/mol. The molecule has 0 aromatic heterocycles. The minimum Gasteiger partial charge on any atom is -0.193 e. The highest BCUT2D eigenvalue weighted by molar-refractivity contribution is 5.29. The van der Waals surface area contributed by atoms with Crippen LogP contribution in [0.1, 0.15) is 13.3 Å². The maximum Gasteiger partial charge on any atom is 0.0947 e. The van der Waals surface area contributed by atoms with E-state index in [0.29, 0.717) is 5.92 Å². The van der Waals surface area contributed by atoms with Crippen LogP contribution in [-0.2, 0) is 0 Å². The Hall–Kier alpha value is -1.03. The van der Waals surface area contributed by atoms with Crippen molar-refractivity contribution in [2.24, 2.45) is 5.92 Å². The first-order chi connectivity index (χ1) is 4.33. The van der Waals surface area contributed by atoms with E-state index in [2.05, 4.69) is 19.1 Å². The fraction of sp³-hybridized carbons (Fsp3) is 0.375. The van der Waals surface area contributed by atoms with Gasteiger partial charge < -0.3 is 0 Å². The second-order valence-corrected chi connectivity index (χ2v) is 2.37. The highest BCUT2D eigenvalue weighted by Crippen LogP contribution is 2.16. The summed E-state index contributed by atoms with van der Waals surface area (Å²) < 4.78 is 0. The number of rotatable bonds is 0. The van der Waals surface area contributed by atoms with Crippen LogP contribution in [0.25, 0.3) is 0 Å². The highest BCUT2D eigenvalue weighted by atomic mass is 14.2. The quantitative estimate of drug-likeness (QED) is 0.478. The lowest BCUT2D eigenvalue weighted by molar-refractivity contribution is 0.720. The van der Waals surface area contributed by atoms with Crippen molar-refractivity contribution in [1.29, 1.82) is 5.26 Å². The Balaban J connectivity index is 2.69.